The zero-order valence-electron chi connectivity index (χ0n) is 12.1. The molecule has 1 heterocycles. The molecule has 0 amide bonds. The van der Waals surface area contributed by atoms with Gasteiger partial charge < -0.3 is 9.30 Å². The van der Waals surface area contributed by atoms with Crippen molar-refractivity contribution in [1.29, 1.82) is 0 Å². The van der Waals surface area contributed by atoms with E-state index in [9.17, 15) is 8.42 Å². The van der Waals surface area contributed by atoms with Gasteiger partial charge in [-0.25, -0.2) is 18.1 Å². The van der Waals surface area contributed by atoms with Gasteiger partial charge in [-0.3, -0.25) is 0 Å². The van der Waals surface area contributed by atoms with Crippen LogP contribution in [-0.2, 0) is 23.5 Å². The number of aromatic nitrogens is 2. The average Bonchev–Trinajstić information content (AvgIpc) is 2.85. The number of aryl methyl sites for hydroxylation is 1. The van der Waals surface area contributed by atoms with Gasteiger partial charge in [-0.2, -0.15) is 0 Å². The second kappa shape index (κ2) is 6.73. The number of rotatable bonds is 7. The molecule has 0 saturated heterocycles. The van der Waals surface area contributed by atoms with Gasteiger partial charge in [0.2, 0.25) is 10.0 Å². The third kappa shape index (κ3) is 4.30. The summed E-state index contributed by atoms with van der Waals surface area (Å²) in [5.74, 6) is 0.657. The van der Waals surface area contributed by atoms with Gasteiger partial charge in [-0.15, -0.1) is 0 Å². The molecule has 1 aromatic heterocycles. The predicted octanol–water partition coefficient (Wildman–Crippen LogP) is 1.34. The van der Waals surface area contributed by atoms with Crippen molar-refractivity contribution >= 4 is 10.0 Å². The summed E-state index contributed by atoms with van der Waals surface area (Å²) in [5, 5.41) is 0. The van der Waals surface area contributed by atoms with E-state index in [1.807, 2.05) is 24.7 Å². The number of benzene rings is 1. The molecule has 0 spiro atoms. The van der Waals surface area contributed by atoms with Gasteiger partial charge in [-0.1, -0.05) is 0 Å². The summed E-state index contributed by atoms with van der Waals surface area (Å²) < 4.78 is 33.9. The molecule has 0 atom stereocenters. The molecule has 7 heteroatoms. The topological polar surface area (TPSA) is 73.2 Å². The van der Waals surface area contributed by atoms with E-state index in [0.717, 1.165) is 5.69 Å². The first kappa shape index (κ1) is 15.5. The Morgan fingerprint density at radius 1 is 1.29 bits per heavy atom. The van der Waals surface area contributed by atoms with Gasteiger partial charge in [0.15, 0.2) is 0 Å². The molecule has 0 aliphatic rings. The quantitative estimate of drug-likeness (QED) is 0.837. The molecule has 0 bridgehead atoms. The smallest absolute Gasteiger partial charge is 0.240 e. The van der Waals surface area contributed by atoms with Gasteiger partial charge in [0.25, 0.3) is 0 Å². The Balaban J connectivity index is 1.94. The molecule has 21 heavy (non-hydrogen) atoms. The Morgan fingerprint density at radius 2 is 2.00 bits per heavy atom. The minimum Gasteiger partial charge on any atom is -0.494 e. The molecule has 6 nitrogen and oxygen atoms in total. The lowest BCUT2D eigenvalue weighted by atomic mass is 10.3. The Bertz CT molecular complexity index is 678. The molecule has 1 N–H and O–H groups in total. The van der Waals surface area contributed by atoms with E-state index in [2.05, 4.69) is 9.71 Å². The maximum absolute atomic E-state index is 12.1. The van der Waals surface area contributed by atoms with Crippen LogP contribution in [0.25, 0.3) is 0 Å². The highest BCUT2D eigenvalue weighted by atomic mass is 32.2. The largest absolute Gasteiger partial charge is 0.494 e. The molecule has 0 radical (unpaired) electrons. The van der Waals surface area contributed by atoms with E-state index in [0.29, 0.717) is 25.3 Å². The maximum Gasteiger partial charge on any atom is 0.240 e. The number of hydrogen-bond acceptors (Lipinski definition) is 4. The van der Waals surface area contributed by atoms with E-state index in [-0.39, 0.29) is 4.90 Å². The molecule has 2 rings (SSSR count). The van der Waals surface area contributed by atoms with Crippen molar-refractivity contribution < 1.29 is 13.2 Å². The molecule has 1 aromatic carbocycles. The van der Waals surface area contributed by atoms with Crippen LogP contribution >= 0.6 is 0 Å². The normalized spacial score (nSPS) is 11.5. The first-order valence-corrected chi connectivity index (χ1v) is 8.19. The maximum atomic E-state index is 12.1. The zero-order valence-corrected chi connectivity index (χ0v) is 12.9. The zero-order chi connectivity index (χ0) is 15.3. The van der Waals surface area contributed by atoms with Gasteiger partial charge in [0.05, 0.1) is 23.5 Å². The molecule has 0 fully saturated rings. The summed E-state index contributed by atoms with van der Waals surface area (Å²) in [7, 11) is -1.62. The monoisotopic (exact) mass is 309 g/mol. The fourth-order valence-corrected chi connectivity index (χ4v) is 2.91. The second-order valence-corrected chi connectivity index (χ2v) is 6.35. The number of sulfonamides is 1. The Labute approximate surface area is 124 Å². The van der Waals surface area contributed by atoms with E-state index >= 15 is 0 Å². The molecular weight excluding hydrogens is 290 g/mol. The van der Waals surface area contributed by atoms with E-state index in [1.165, 1.54) is 12.1 Å². The minimum atomic E-state index is -3.50. The van der Waals surface area contributed by atoms with Gasteiger partial charge in [0.1, 0.15) is 5.75 Å². The highest BCUT2D eigenvalue weighted by molar-refractivity contribution is 7.89. The number of hydrogen-bond donors (Lipinski definition) is 1. The lowest BCUT2D eigenvalue weighted by Gasteiger charge is -2.07. The third-order valence-corrected chi connectivity index (χ3v) is 4.35. The van der Waals surface area contributed by atoms with Crippen LogP contribution in [-0.4, -0.2) is 31.1 Å². The fourth-order valence-electron chi connectivity index (χ4n) is 1.87. The van der Waals surface area contributed by atoms with Crippen LogP contribution in [0, 0.1) is 0 Å². The Hall–Kier alpha value is -1.86. The summed E-state index contributed by atoms with van der Waals surface area (Å²) >= 11 is 0. The first-order chi connectivity index (χ1) is 10.0. The standard InChI is InChI=1S/C14H19N3O3S/c1-3-20-13-4-6-14(7-5-13)21(18,19)16-9-8-12-10-17(2)11-15-12/h4-7,10-11,16H,3,8-9H2,1-2H3. The number of ether oxygens (including phenoxy) is 1. The van der Waals surface area contributed by atoms with Crippen LogP contribution in [0.15, 0.2) is 41.7 Å². The van der Waals surface area contributed by atoms with Crippen molar-refractivity contribution in [2.45, 2.75) is 18.2 Å². The molecule has 2 aromatic rings. The summed E-state index contributed by atoms with van der Waals surface area (Å²) in [6.07, 6.45) is 4.11. The van der Waals surface area contributed by atoms with Gasteiger partial charge in [-0.05, 0) is 31.2 Å². The van der Waals surface area contributed by atoms with Crippen LogP contribution in [0.3, 0.4) is 0 Å². The van der Waals surface area contributed by atoms with E-state index < -0.39 is 10.0 Å². The van der Waals surface area contributed by atoms with Crippen LogP contribution < -0.4 is 9.46 Å². The Morgan fingerprint density at radius 3 is 2.57 bits per heavy atom. The summed E-state index contributed by atoms with van der Waals surface area (Å²) in [6.45, 7) is 2.74. The molecule has 0 aliphatic heterocycles. The highest BCUT2D eigenvalue weighted by Crippen LogP contribution is 2.15. The fraction of sp³-hybridized carbons (Fsp3) is 0.357. The van der Waals surface area contributed by atoms with Crippen molar-refractivity contribution in [1.82, 2.24) is 14.3 Å². The first-order valence-electron chi connectivity index (χ1n) is 6.70. The number of imidazole rings is 1. The minimum absolute atomic E-state index is 0.229. The molecular formula is C14H19N3O3S. The predicted molar refractivity (Wildman–Crippen MR) is 79.7 cm³/mol. The van der Waals surface area contributed by atoms with Crippen molar-refractivity contribution in [3.05, 3.63) is 42.5 Å². The van der Waals surface area contributed by atoms with Crippen LogP contribution in [0.5, 0.6) is 5.75 Å². The van der Waals surface area contributed by atoms with Gasteiger partial charge >= 0.3 is 0 Å². The van der Waals surface area contributed by atoms with Crippen LogP contribution in [0.4, 0.5) is 0 Å². The summed E-state index contributed by atoms with van der Waals surface area (Å²) in [5.41, 5.74) is 0.854. The van der Waals surface area contributed by atoms with Gasteiger partial charge in [0, 0.05) is 26.2 Å². The van der Waals surface area contributed by atoms with Crippen LogP contribution in [0.1, 0.15) is 12.6 Å². The number of nitrogens with zero attached hydrogens (tertiary/aromatic N) is 2. The summed E-state index contributed by atoms with van der Waals surface area (Å²) in [6, 6.07) is 6.37. The SMILES string of the molecule is CCOc1ccc(S(=O)(=O)NCCc2cn(C)cn2)cc1. The van der Waals surface area contributed by atoms with Crippen molar-refractivity contribution in [3.8, 4) is 5.75 Å². The van der Waals surface area contributed by atoms with E-state index in [1.54, 1.807) is 18.5 Å². The van der Waals surface area contributed by atoms with E-state index in [4.69, 9.17) is 4.74 Å². The van der Waals surface area contributed by atoms with Crippen molar-refractivity contribution in [2.24, 2.45) is 7.05 Å². The van der Waals surface area contributed by atoms with Crippen LogP contribution in [0.2, 0.25) is 0 Å². The highest BCUT2D eigenvalue weighted by Gasteiger charge is 2.13. The number of nitrogens with one attached hydrogen (secondary N) is 1. The lowest BCUT2D eigenvalue weighted by molar-refractivity contribution is 0.340. The third-order valence-electron chi connectivity index (χ3n) is 2.88. The Kier molecular flexibility index (Phi) is 4.98. The lowest BCUT2D eigenvalue weighted by Crippen LogP contribution is -2.26. The average molecular weight is 309 g/mol. The van der Waals surface area contributed by atoms with Crippen molar-refractivity contribution in [3.63, 3.8) is 0 Å². The molecule has 0 unspecified atom stereocenters. The molecule has 0 saturated carbocycles. The molecule has 114 valence electrons. The second-order valence-electron chi connectivity index (χ2n) is 4.58. The molecule has 0 aliphatic carbocycles. The van der Waals surface area contributed by atoms with Crippen molar-refractivity contribution in [2.75, 3.05) is 13.2 Å². The summed E-state index contributed by atoms with van der Waals surface area (Å²) in [4.78, 5) is 4.38.